The molecule has 3 aromatic rings. The van der Waals surface area contributed by atoms with E-state index in [9.17, 15) is 8.78 Å². The number of nitrogens with zero attached hydrogens (tertiary/aromatic N) is 3. The number of benzene rings is 1. The van der Waals surface area contributed by atoms with Crippen molar-refractivity contribution in [2.24, 2.45) is 0 Å². The minimum absolute atomic E-state index is 0.116. The molecule has 2 heterocycles. The van der Waals surface area contributed by atoms with Gasteiger partial charge in [-0.3, -0.25) is 0 Å². The zero-order chi connectivity index (χ0) is 17.6. The predicted molar refractivity (Wildman–Crippen MR) is 95.4 cm³/mol. The smallest absolute Gasteiger partial charge is 0.387 e. The number of aryl methyl sites for hydroxylation is 2. The van der Waals surface area contributed by atoms with Gasteiger partial charge in [-0.25, -0.2) is 0 Å². The minimum atomic E-state index is -2.81. The summed E-state index contributed by atoms with van der Waals surface area (Å²) in [6.45, 7) is 0.0647. The third kappa shape index (κ3) is 5.02. The first-order chi connectivity index (χ1) is 12.1. The average Bonchev–Trinajstić information content (AvgIpc) is 3.24. The monoisotopic (exact) mass is 381 g/mol. The lowest BCUT2D eigenvalue weighted by molar-refractivity contribution is -0.0498. The number of thioether (sulfide) groups is 1. The first-order valence-electron chi connectivity index (χ1n) is 7.73. The van der Waals surface area contributed by atoms with E-state index in [1.54, 1.807) is 53.7 Å². The fourth-order valence-corrected chi connectivity index (χ4v) is 4.00. The zero-order valence-corrected chi connectivity index (χ0v) is 15.1. The van der Waals surface area contributed by atoms with E-state index in [0.717, 1.165) is 23.7 Å². The van der Waals surface area contributed by atoms with Gasteiger partial charge in [0.05, 0.1) is 0 Å². The van der Waals surface area contributed by atoms with Crippen molar-refractivity contribution in [2.45, 2.75) is 36.9 Å². The Kier molecular flexibility index (Phi) is 6.04. The van der Waals surface area contributed by atoms with Gasteiger partial charge in [0.1, 0.15) is 12.1 Å². The van der Waals surface area contributed by atoms with Crippen LogP contribution in [0.4, 0.5) is 8.78 Å². The lowest BCUT2D eigenvalue weighted by Crippen LogP contribution is -2.03. The van der Waals surface area contributed by atoms with Crippen LogP contribution in [0.2, 0.25) is 0 Å². The molecule has 132 valence electrons. The number of hydrogen-bond acceptors (Lipinski definition) is 5. The fourth-order valence-electron chi connectivity index (χ4n) is 2.32. The summed E-state index contributed by atoms with van der Waals surface area (Å²) < 4.78 is 30.8. The standard InChI is InChI=1S/C17H17F2N3OS2/c1-12(13-4-6-14(7-5-13)23-16(18)19)25-17-21-20-11-22(17)9-8-15-3-2-10-24-15/h2-7,10-12,16H,8-9H2,1H3. The molecule has 3 rings (SSSR count). The van der Waals surface area contributed by atoms with Crippen LogP contribution in [0.15, 0.2) is 53.3 Å². The molecule has 0 aliphatic carbocycles. The molecule has 1 aromatic carbocycles. The van der Waals surface area contributed by atoms with Gasteiger partial charge < -0.3 is 9.30 Å². The quantitative estimate of drug-likeness (QED) is 0.513. The molecule has 0 aliphatic heterocycles. The van der Waals surface area contributed by atoms with Crippen molar-refractivity contribution < 1.29 is 13.5 Å². The van der Waals surface area contributed by atoms with Gasteiger partial charge in [-0.15, -0.1) is 21.5 Å². The Bertz CT molecular complexity index is 776. The molecular formula is C17H17F2N3OS2. The minimum Gasteiger partial charge on any atom is -0.435 e. The van der Waals surface area contributed by atoms with Crippen LogP contribution < -0.4 is 4.74 Å². The Morgan fingerprint density at radius 1 is 1.24 bits per heavy atom. The van der Waals surface area contributed by atoms with Gasteiger partial charge in [0.25, 0.3) is 0 Å². The van der Waals surface area contributed by atoms with Crippen molar-refractivity contribution in [1.82, 2.24) is 14.8 Å². The molecule has 25 heavy (non-hydrogen) atoms. The third-order valence-corrected chi connectivity index (χ3v) is 5.70. The van der Waals surface area contributed by atoms with E-state index < -0.39 is 6.61 Å². The zero-order valence-electron chi connectivity index (χ0n) is 13.5. The molecule has 0 spiro atoms. The maximum Gasteiger partial charge on any atom is 0.387 e. The highest BCUT2D eigenvalue weighted by atomic mass is 32.2. The predicted octanol–water partition coefficient (Wildman–Crippen LogP) is 5.04. The number of halogens is 2. The first-order valence-corrected chi connectivity index (χ1v) is 9.49. The fraction of sp³-hybridized carbons (Fsp3) is 0.294. The highest BCUT2D eigenvalue weighted by molar-refractivity contribution is 7.99. The number of hydrogen-bond donors (Lipinski definition) is 0. The molecule has 0 amide bonds. The lowest BCUT2D eigenvalue weighted by atomic mass is 10.2. The van der Waals surface area contributed by atoms with Crippen molar-refractivity contribution in [3.63, 3.8) is 0 Å². The molecule has 8 heteroatoms. The second-order valence-electron chi connectivity index (χ2n) is 5.34. The van der Waals surface area contributed by atoms with Crippen molar-refractivity contribution in [3.05, 3.63) is 58.5 Å². The van der Waals surface area contributed by atoms with E-state index in [2.05, 4.69) is 26.4 Å². The van der Waals surface area contributed by atoms with E-state index in [0.29, 0.717) is 0 Å². The van der Waals surface area contributed by atoms with Gasteiger partial charge in [-0.2, -0.15) is 8.78 Å². The maximum atomic E-state index is 12.2. The molecule has 4 nitrogen and oxygen atoms in total. The molecule has 0 N–H and O–H groups in total. The van der Waals surface area contributed by atoms with Gasteiger partial charge in [0.2, 0.25) is 0 Å². The molecule has 0 fully saturated rings. The summed E-state index contributed by atoms with van der Waals surface area (Å²) in [5, 5.41) is 11.2. The third-order valence-electron chi connectivity index (χ3n) is 3.62. The van der Waals surface area contributed by atoms with Crippen LogP contribution in [0.3, 0.4) is 0 Å². The molecule has 1 unspecified atom stereocenters. The molecule has 0 aliphatic rings. The van der Waals surface area contributed by atoms with Crippen molar-refractivity contribution in [1.29, 1.82) is 0 Å². The van der Waals surface area contributed by atoms with Gasteiger partial charge in [0, 0.05) is 16.7 Å². The second-order valence-corrected chi connectivity index (χ2v) is 7.68. The summed E-state index contributed by atoms with van der Waals surface area (Å²) in [7, 11) is 0. The molecular weight excluding hydrogens is 364 g/mol. The van der Waals surface area contributed by atoms with E-state index in [1.807, 2.05) is 17.6 Å². The van der Waals surface area contributed by atoms with E-state index >= 15 is 0 Å². The molecule has 0 bridgehead atoms. The number of aromatic nitrogens is 3. The molecule has 1 atom stereocenters. The van der Waals surface area contributed by atoms with Gasteiger partial charge in [-0.05, 0) is 42.5 Å². The molecule has 0 saturated heterocycles. The number of alkyl halides is 2. The summed E-state index contributed by atoms with van der Waals surface area (Å²) in [4.78, 5) is 1.33. The lowest BCUT2D eigenvalue weighted by Gasteiger charge is -2.13. The highest BCUT2D eigenvalue weighted by Crippen LogP contribution is 2.34. The van der Waals surface area contributed by atoms with Gasteiger partial charge in [-0.1, -0.05) is 30.0 Å². The Balaban J connectivity index is 1.61. The van der Waals surface area contributed by atoms with Crippen LogP contribution >= 0.6 is 23.1 Å². The molecule has 0 saturated carbocycles. The van der Waals surface area contributed by atoms with Crippen molar-refractivity contribution >= 4 is 23.1 Å². The number of rotatable bonds is 8. The second kappa shape index (κ2) is 8.44. The van der Waals surface area contributed by atoms with E-state index in [1.165, 1.54) is 4.88 Å². The van der Waals surface area contributed by atoms with E-state index in [4.69, 9.17) is 0 Å². The largest absolute Gasteiger partial charge is 0.435 e. The summed E-state index contributed by atoms with van der Waals surface area (Å²) in [5.41, 5.74) is 1.01. The summed E-state index contributed by atoms with van der Waals surface area (Å²) in [6, 6.07) is 10.9. The van der Waals surface area contributed by atoms with Gasteiger partial charge >= 0.3 is 6.61 Å². The van der Waals surface area contributed by atoms with Crippen LogP contribution in [0.5, 0.6) is 5.75 Å². The van der Waals surface area contributed by atoms with Crippen molar-refractivity contribution in [2.75, 3.05) is 0 Å². The van der Waals surface area contributed by atoms with Crippen molar-refractivity contribution in [3.8, 4) is 5.75 Å². The highest BCUT2D eigenvalue weighted by Gasteiger charge is 2.13. The topological polar surface area (TPSA) is 39.9 Å². The van der Waals surface area contributed by atoms with E-state index in [-0.39, 0.29) is 11.0 Å². The molecule has 2 aromatic heterocycles. The summed E-state index contributed by atoms with van der Waals surface area (Å²) >= 11 is 3.33. The Morgan fingerprint density at radius 2 is 2.04 bits per heavy atom. The average molecular weight is 381 g/mol. The van der Waals surface area contributed by atoms with Crippen LogP contribution in [-0.2, 0) is 13.0 Å². The number of thiophene rings is 1. The Hall–Kier alpha value is -1.93. The summed E-state index contributed by atoms with van der Waals surface area (Å²) in [6.07, 6.45) is 2.68. The SMILES string of the molecule is CC(Sc1nncn1CCc1cccs1)c1ccc(OC(F)F)cc1. The van der Waals surface area contributed by atoms with Crippen LogP contribution in [-0.4, -0.2) is 21.4 Å². The maximum absolute atomic E-state index is 12.2. The Morgan fingerprint density at radius 3 is 2.72 bits per heavy atom. The normalized spacial score (nSPS) is 12.5. The van der Waals surface area contributed by atoms with Crippen LogP contribution in [0.25, 0.3) is 0 Å². The Labute approximate surface area is 152 Å². The molecule has 0 radical (unpaired) electrons. The summed E-state index contributed by atoms with van der Waals surface area (Å²) in [5.74, 6) is 0.162. The number of ether oxygens (including phenoxy) is 1. The van der Waals surface area contributed by atoms with Crippen LogP contribution in [0.1, 0.15) is 22.6 Å². The first kappa shape index (κ1) is 17.9. The van der Waals surface area contributed by atoms with Gasteiger partial charge in [0.15, 0.2) is 5.16 Å². The van der Waals surface area contributed by atoms with Crippen LogP contribution in [0, 0.1) is 0 Å².